The molecular formula is C12H10N2O2S. The van der Waals surface area contributed by atoms with Gasteiger partial charge in [-0.2, -0.15) is 4.99 Å². The fourth-order valence-electron chi connectivity index (χ4n) is 2.04. The van der Waals surface area contributed by atoms with E-state index in [4.69, 9.17) is 0 Å². The zero-order valence-corrected chi connectivity index (χ0v) is 10.0. The molecule has 4 nitrogen and oxygen atoms in total. The van der Waals surface area contributed by atoms with Crippen molar-refractivity contribution in [3.63, 3.8) is 0 Å². The van der Waals surface area contributed by atoms with Crippen LogP contribution in [0.25, 0.3) is 0 Å². The maximum atomic E-state index is 12.2. The van der Waals surface area contributed by atoms with E-state index < -0.39 is 5.92 Å². The van der Waals surface area contributed by atoms with Crippen LogP contribution in [0.5, 0.6) is 0 Å². The summed E-state index contributed by atoms with van der Waals surface area (Å²) in [5, 5.41) is 0.492. The van der Waals surface area contributed by atoms with Gasteiger partial charge < -0.3 is 0 Å². The predicted octanol–water partition coefficient (Wildman–Crippen LogP) is 2.05. The van der Waals surface area contributed by atoms with Gasteiger partial charge in [-0.05, 0) is 30.3 Å². The van der Waals surface area contributed by atoms with Crippen LogP contribution in [0.1, 0.15) is 13.3 Å². The van der Waals surface area contributed by atoms with Crippen LogP contribution in [0, 0.1) is 5.92 Å². The number of amides is 2. The predicted molar refractivity (Wildman–Crippen MR) is 66.0 cm³/mol. The van der Waals surface area contributed by atoms with Gasteiger partial charge in [0.25, 0.3) is 5.91 Å². The Morgan fingerprint density at radius 3 is 2.88 bits per heavy atom. The van der Waals surface area contributed by atoms with Crippen LogP contribution < -0.4 is 4.90 Å². The first-order valence-corrected chi connectivity index (χ1v) is 6.27. The van der Waals surface area contributed by atoms with Gasteiger partial charge in [-0.15, -0.1) is 0 Å². The van der Waals surface area contributed by atoms with Crippen LogP contribution in [-0.2, 0) is 9.59 Å². The van der Waals surface area contributed by atoms with E-state index in [1.807, 2.05) is 31.2 Å². The Labute approximate surface area is 103 Å². The van der Waals surface area contributed by atoms with E-state index in [0.29, 0.717) is 11.6 Å². The Morgan fingerprint density at radius 2 is 2.12 bits per heavy atom. The lowest BCUT2D eigenvalue weighted by Crippen LogP contribution is -2.44. The van der Waals surface area contributed by atoms with Crippen LogP contribution in [0.15, 0.2) is 34.2 Å². The van der Waals surface area contributed by atoms with Crippen LogP contribution in [0.4, 0.5) is 5.69 Å². The lowest BCUT2D eigenvalue weighted by atomic mass is 10.0. The second-order valence-corrected chi connectivity index (χ2v) is 4.95. The molecule has 1 aromatic rings. The highest BCUT2D eigenvalue weighted by atomic mass is 32.2. The van der Waals surface area contributed by atoms with E-state index in [1.165, 1.54) is 11.8 Å². The van der Waals surface area contributed by atoms with Gasteiger partial charge in [0, 0.05) is 4.90 Å². The fraction of sp³-hybridized carbons (Fsp3) is 0.250. The van der Waals surface area contributed by atoms with E-state index in [-0.39, 0.29) is 11.8 Å². The molecule has 0 saturated carbocycles. The summed E-state index contributed by atoms with van der Waals surface area (Å²) in [6, 6.07) is 7.60. The van der Waals surface area contributed by atoms with Crippen molar-refractivity contribution in [3.05, 3.63) is 24.3 Å². The molecule has 0 aliphatic carbocycles. The molecule has 2 aliphatic heterocycles. The second-order valence-electron chi connectivity index (χ2n) is 3.94. The van der Waals surface area contributed by atoms with E-state index >= 15 is 0 Å². The van der Waals surface area contributed by atoms with Crippen molar-refractivity contribution < 1.29 is 9.59 Å². The van der Waals surface area contributed by atoms with E-state index in [2.05, 4.69) is 4.99 Å². The van der Waals surface area contributed by atoms with Crippen LogP contribution >= 0.6 is 11.8 Å². The van der Waals surface area contributed by atoms with Crippen molar-refractivity contribution in [2.24, 2.45) is 10.9 Å². The SMILES string of the molecule is CCC1C(=O)N=C2Sc3ccccc3N2C1=O. The molecule has 0 saturated heterocycles. The molecule has 5 heteroatoms. The summed E-state index contributed by atoms with van der Waals surface area (Å²) in [7, 11) is 0. The lowest BCUT2D eigenvalue weighted by Gasteiger charge is -2.25. The summed E-state index contributed by atoms with van der Waals surface area (Å²) in [5.74, 6) is -1.09. The first kappa shape index (κ1) is 10.5. The molecule has 0 radical (unpaired) electrons. The third-order valence-electron chi connectivity index (χ3n) is 2.93. The monoisotopic (exact) mass is 246 g/mol. The van der Waals surface area contributed by atoms with Crippen molar-refractivity contribution in [1.29, 1.82) is 0 Å². The lowest BCUT2D eigenvalue weighted by molar-refractivity contribution is -0.132. The van der Waals surface area contributed by atoms with E-state index in [1.54, 1.807) is 4.90 Å². The molecular weight excluding hydrogens is 236 g/mol. The zero-order chi connectivity index (χ0) is 12.0. The third kappa shape index (κ3) is 1.42. The molecule has 86 valence electrons. The number of para-hydroxylation sites is 1. The molecule has 2 aliphatic rings. The topological polar surface area (TPSA) is 49.7 Å². The number of carbonyl (C=O) groups excluding carboxylic acids is 2. The first-order valence-electron chi connectivity index (χ1n) is 5.45. The Hall–Kier alpha value is -1.62. The van der Waals surface area contributed by atoms with Crippen LogP contribution in [0.2, 0.25) is 0 Å². The summed E-state index contributed by atoms with van der Waals surface area (Å²) in [4.78, 5) is 30.5. The maximum Gasteiger partial charge on any atom is 0.260 e. The van der Waals surface area contributed by atoms with Crippen molar-refractivity contribution in [2.45, 2.75) is 18.2 Å². The van der Waals surface area contributed by atoms with Crippen molar-refractivity contribution in [1.82, 2.24) is 0 Å². The van der Waals surface area contributed by atoms with E-state index in [0.717, 1.165) is 10.6 Å². The quantitative estimate of drug-likeness (QED) is 0.712. The van der Waals surface area contributed by atoms with Gasteiger partial charge >= 0.3 is 0 Å². The molecule has 1 atom stereocenters. The van der Waals surface area contributed by atoms with Gasteiger partial charge in [-0.3, -0.25) is 14.5 Å². The molecule has 0 spiro atoms. The van der Waals surface area contributed by atoms with Crippen LogP contribution in [-0.4, -0.2) is 17.0 Å². The molecule has 0 bridgehead atoms. The molecule has 0 N–H and O–H groups in total. The fourth-order valence-corrected chi connectivity index (χ4v) is 3.07. The summed E-state index contributed by atoms with van der Waals surface area (Å²) >= 11 is 1.37. The smallest absolute Gasteiger partial charge is 0.260 e. The second kappa shape index (κ2) is 3.70. The Morgan fingerprint density at radius 1 is 1.35 bits per heavy atom. The highest BCUT2D eigenvalue weighted by Gasteiger charge is 2.41. The van der Waals surface area contributed by atoms with Gasteiger partial charge in [0.1, 0.15) is 5.92 Å². The number of amidine groups is 1. The van der Waals surface area contributed by atoms with Gasteiger partial charge in [0.05, 0.1) is 5.69 Å². The minimum Gasteiger partial charge on any atom is -0.273 e. The van der Waals surface area contributed by atoms with Gasteiger partial charge in [0.2, 0.25) is 5.91 Å². The molecule has 2 amide bonds. The number of fused-ring (bicyclic) bond motifs is 3. The van der Waals surface area contributed by atoms with Gasteiger partial charge in [-0.1, -0.05) is 19.1 Å². The average Bonchev–Trinajstić information content (AvgIpc) is 2.67. The number of rotatable bonds is 1. The van der Waals surface area contributed by atoms with Crippen molar-refractivity contribution in [2.75, 3.05) is 4.90 Å². The Kier molecular flexibility index (Phi) is 2.29. The standard InChI is InChI=1S/C12H10N2O2S/c1-2-7-10(15)13-12-14(11(7)16)8-5-3-4-6-9(8)17-12/h3-7H,2H2,1H3. The highest BCUT2D eigenvalue weighted by molar-refractivity contribution is 8.15. The Balaban J connectivity index is 2.13. The average molecular weight is 246 g/mol. The third-order valence-corrected chi connectivity index (χ3v) is 3.95. The highest BCUT2D eigenvalue weighted by Crippen LogP contribution is 2.42. The molecule has 3 rings (SSSR count). The van der Waals surface area contributed by atoms with Crippen molar-refractivity contribution >= 4 is 34.4 Å². The molecule has 17 heavy (non-hydrogen) atoms. The normalized spacial score (nSPS) is 22.3. The van der Waals surface area contributed by atoms with Crippen molar-refractivity contribution in [3.8, 4) is 0 Å². The molecule has 1 unspecified atom stereocenters. The van der Waals surface area contributed by atoms with Crippen LogP contribution in [0.3, 0.4) is 0 Å². The summed E-state index contributed by atoms with van der Waals surface area (Å²) in [6.45, 7) is 1.83. The minimum absolute atomic E-state index is 0.153. The molecule has 0 fully saturated rings. The zero-order valence-electron chi connectivity index (χ0n) is 9.21. The van der Waals surface area contributed by atoms with E-state index in [9.17, 15) is 9.59 Å². The van der Waals surface area contributed by atoms with Gasteiger partial charge in [0.15, 0.2) is 5.17 Å². The minimum atomic E-state index is -0.620. The molecule has 2 heterocycles. The number of aliphatic imine (C=N–C) groups is 1. The number of nitrogens with zero attached hydrogens (tertiary/aromatic N) is 2. The Bertz CT molecular complexity index is 553. The summed E-state index contributed by atoms with van der Waals surface area (Å²) < 4.78 is 0. The number of hydrogen-bond acceptors (Lipinski definition) is 3. The summed E-state index contributed by atoms with van der Waals surface area (Å²) in [6.07, 6.45) is 0.498. The largest absolute Gasteiger partial charge is 0.273 e. The number of carbonyl (C=O) groups is 2. The number of hydrogen-bond donors (Lipinski definition) is 0. The number of thioether (sulfide) groups is 1. The number of benzene rings is 1. The van der Waals surface area contributed by atoms with Gasteiger partial charge in [-0.25, -0.2) is 0 Å². The number of anilines is 1. The molecule has 0 aromatic heterocycles. The summed E-state index contributed by atoms with van der Waals surface area (Å²) in [5.41, 5.74) is 0.840. The molecule has 1 aromatic carbocycles. The maximum absolute atomic E-state index is 12.2. The first-order chi connectivity index (χ1) is 8.22.